The van der Waals surface area contributed by atoms with Crippen molar-refractivity contribution in [3.05, 3.63) is 42.5 Å². The molecule has 2 aromatic rings. The lowest BCUT2D eigenvalue weighted by Crippen LogP contribution is -2.22. The number of aliphatic hydroxyl groups is 1. The van der Waals surface area contributed by atoms with Gasteiger partial charge in [-0.3, -0.25) is 0 Å². The summed E-state index contributed by atoms with van der Waals surface area (Å²) in [6, 6.07) is 14.6. The number of hydrogen-bond acceptors (Lipinski definition) is 2. The van der Waals surface area contributed by atoms with Crippen LogP contribution in [0.15, 0.2) is 42.5 Å². The Morgan fingerprint density at radius 3 is 2.65 bits per heavy atom. The van der Waals surface area contributed by atoms with Gasteiger partial charge in [-0.25, -0.2) is 0 Å². The maximum atomic E-state index is 10.2. The largest absolute Gasteiger partial charge is 0.391 e. The lowest BCUT2D eigenvalue weighted by Gasteiger charge is -2.17. The monoisotopic (exact) mass is 269 g/mol. The Labute approximate surface area is 120 Å². The minimum absolute atomic E-state index is 0.239. The second-order valence-corrected chi connectivity index (χ2v) is 5.95. The number of fused-ring (bicyclic) bond motifs is 1. The Morgan fingerprint density at radius 1 is 1.05 bits per heavy atom. The van der Waals surface area contributed by atoms with Crippen molar-refractivity contribution in [3.63, 3.8) is 0 Å². The zero-order chi connectivity index (χ0) is 13.8. The van der Waals surface area contributed by atoms with Crippen molar-refractivity contribution in [3.8, 4) is 0 Å². The molecule has 2 N–H and O–H groups in total. The summed E-state index contributed by atoms with van der Waals surface area (Å²) in [5.41, 5.74) is 1.12. The highest BCUT2D eigenvalue weighted by atomic mass is 16.3. The number of rotatable bonds is 5. The third-order valence-electron chi connectivity index (χ3n) is 4.40. The Kier molecular flexibility index (Phi) is 4.22. The smallest absolute Gasteiger partial charge is 0.0715 e. The molecule has 1 saturated carbocycles. The predicted octanol–water partition coefficient (Wildman–Crippen LogP) is 4.19. The quantitative estimate of drug-likeness (QED) is 0.853. The number of benzene rings is 2. The van der Waals surface area contributed by atoms with Gasteiger partial charge in [0, 0.05) is 17.6 Å². The summed E-state index contributed by atoms with van der Waals surface area (Å²) in [6.07, 6.45) is 5.98. The fourth-order valence-corrected chi connectivity index (χ4v) is 3.32. The number of anilines is 1. The van der Waals surface area contributed by atoms with Crippen LogP contribution in [0.2, 0.25) is 0 Å². The maximum absolute atomic E-state index is 10.2. The fourth-order valence-electron chi connectivity index (χ4n) is 3.32. The Balaban J connectivity index is 1.61. The highest BCUT2D eigenvalue weighted by Gasteiger charge is 2.18. The van der Waals surface area contributed by atoms with E-state index in [1.54, 1.807) is 0 Å². The molecule has 0 saturated heterocycles. The highest BCUT2D eigenvalue weighted by Crippen LogP contribution is 2.29. The second-order valence-electron chi connectivity index (χ2n) is 5.95. The maximum Gasteiger partial charge on any atom is 0.0715 e. The summed E-state index contributed by atoms with van der Waals surface area (Å²) < 4.78 is 0. The van der Waals surface area contributed by atoms with Gasteiger partial charge in [-0.2, -0.15) is 0 Å². The Morgan fingerprint density at radius 2 is 1.80 bits per heavy atom. The molecule has 20 heavy (non-hydrogen) atoms. The van der Waals surface area contributed by atoms with Crippen LogP contribution in [0.25, 0.3) is 10.8 Å². The van der Waals surface area contributed by atoms with Gasteiger partial charge in [0.1, 0.15) is 0 Å². The van der Waals surface area contributed by atoms with E-state index in [2.05, 4.69) is 47.8 Å². The van der Waals surface area contributed by atoms with Crippen molar-refractivity contribution in [1.82, 2.24) is 0 Å². The second kappa shape index (κ2) is 6.27. The van der Waals surface area contributed by atoms with Gasteiger partial charge >= 0.3 is 0 Å². The van der Waals surface area contributed by atoms with Gasteiger partial charge in [-0.05, 0) is 23.8 Å². The van der Waals surface area contributed by atoms with Crippen LogP contribution < -0.4 is 5.32 Å². The van der Waals surface area contributed by atoms with Crippen LogP contribution in [0.3, 0.4) is 0 Å². The third-order valence-corrected chi connectivity index (χ3v) is 4.40. The van der Waals surface area contributed by atoms with Gasteiger partial charge in [0.2, 0.25) is 0 Å². The summed E-state index contributed by atoms with van der Waals surface area (Å²) in [4.78, 5) is 0. The van der Waals surface area contributed by atoms with Crippen molar-refractivity contribution >= 4 is 16.5 Å². The Bertz CT molecular complexity index is 555. The Hall–Kier alpha value is -1.54. The van der Waals surface area contributed by atoms with Crippen LogP contribution in [-0.2, 0) is 0 Å². The van der Waals surface area contributed by atoms with Gasteiger partial charge in [0.25, 0.3) is 0 Å². The molecular weight excluding hydrogens is 246 g/mol. The lowest BCUT2D eigenvalue weighted by molar-refractivity contribution is 0.155. The van der Waals surface area contributed by atoms with E-state index in [0.717, 1.165) is 18.0 Å². The van der Waals surface area contributed by atoms with Crippen molar-refractivity contribution in [2.24, 2.45) is 5.92 Å². The van der Waals surface area contributed by atoms with Crippen LogP contribution in [-0.4, -0.2) is 17.8 Å². The van der Waals surface area contributed by atoms with Gasteiger partial charge < -0.3 is 10.4 Å². The molecule has 0 heterocycles. The number of nitrogens with one attached hydrogen (secondary N) is 1. The molecule has 0 spiro atoms. The molecule has 0 bridgehead atoms. The van der Waals surface area contributed by atoms with Crippen molar-refractivity contribution in [2.45, 2.75) is 38.2 Å². The van der Waals surface area contributed by atoms with Crippen LogP contribution in [0.4, 0.5) is 5.69 Å². The molecule has 0 amide bonds. The normalized spacial score (nSPS) is 17.4. The molecule has 2 nitrogen and oxygen atoms in total. The third kappa shape index (κ3) is 3.13. The first-order valence-corrected chi connectivity index (χ1v) is 7.72. The average molecular weight is 269 g/mol. The molecule has 1 fully saturated rings. The molecule has 1 aliphatic rings. The van der Waals surface area contributed by atoms with Gasteiger partial charge in [0.05, 0.1) is 6.10 Å². The van der Waals surface area contributed by atoms with E-state index in [1.807, 2.05) is 0 Å². The molecule has 3 rings (SSSR count). The lowest BCUT2D eigenvalue weighted by atomic mass is 10.00. The summed E-state index contributed by atoms with van der Waals surface area (Å²) in [7, 11) is 0. The van der Waals surface area contributed by atoms with Gasteiger partial charge in [0.15, 0.2) is 0 Å². The zero-order valence-corrected chi connectivity index (χ0v) is 11.9. The average Bonchev–Trinajstić information content (AvgIpc) is 2.98. The van der Waals surface area contributed by atoms with E-state index in [4.69, 9.17) is 0 Å². The molecular formula is C18H23NO. The van der Waals surface area contributed by atoms with Crippen molar-refractivity contribution < 1.29 is 5.11 Å². The zero-order valence-electron chi connectivity index (χ0n) is 11.9. The van der Waals surface area contributed by atoms with Crippen LogP contribution in [0, 0.1) is 5.92 Å². The first-order valence-electron chi connectivity index (χ1n) is 7.72. The minimum atomic E-state index is -0.239. The van der Waals surface area contributed by atoms with Gasteiger partial charge in [-0.1, -0.05) is 62.1 Å². The van der Waals surface area contributed by atoms with Crippen molar-refractivity contribution in [1.29, 1.82) is 0 Å². The summed E-state index contributed by atoms with van der Waals surface area (Å²) >= 11 is 0. The van der Waals surface area contributed by atoms with E-state index in [1.165, 1.54) is 36.5 Å². The fraction of sp³-hybridized carbons (Fsp3) is 0.444. The molecule has 2 heteroatoms. The predicted molar refractivity (Wildman–Crippen MR) is 85.0 cm³/mol. The highest BCUT2D eigenvalue weighted by molar-refractivity contribution is 5.93. The van der Waals surface area contributed by atoms with Crippen LogP contribution in [0.5, 0.6) is 0 Å². The van der Waals surface area contributed by atoms with Gasteiger partial charge in [-0.15, -0.1) is 0 Å². The molecule has 106 valence electrons. The molecule has 2 aromatic carbocycles. The SMILES string of the molecule is OC(CNc1cccc2ccccc12)CC1CCCC1. The van der Waals surface area contributed by atoms with Crippen molar-refractivity contribution in [2.75, 3.05) is 11.9 Å². The summed E-state index contributed by atoms with van der Waals surface area (Å²) in [6.45, 7) is 0.643. The standard InChI is InChI=1S/C18H23NO/c20-16(12-14-6-1-2-7-14)13-19-18-11-5-9-15-8-3-4-10-17(15)18/h3-5,8-11,14,16,19-20H,1-2,6-7,12-13H2. The van der Waals surface area contributed by atoms with Crippen LogP contribution >= 0.6 is 0 Å². The molecule has 0 radical (unpaired) electrons. The summed E-state index contributed by atoms with van der Waals surface area (Å²) in [5, 5.41) is 16.1. The van der Waals surface area contributed by atoms with E-state index >= 15 is 0 Å². The molecule has 1 unspecified atom stereocenters. The minimum Gasteiger partial charge on any atom is -0.391 e. The van der Waals surface area contributed by atoms with E-state index < -0.39 is 0 Å². The first kappa shape index (κ1) is 13.4. The number of hydrogen-bond donors (Lipinski definition) is 2. The molecule has 1 aliphatic carbocycles. The van der Waals surface area contributed by atoms with E-state index in [9.17, 15) is 5.11 Å². The molecule has 1 atom stereocenters. The van der Waals surface area contributed by atoms with E-state index in [0.29, 0.717) is 6.54 Å². The van der Waals surface area contributed by atoms with E-state index in [-0.39, 0.29) is 6.10 Å². The topological polar surface area (TPSA) is 32.3 Å². The molecule has 0 aliphatic heterocycles. The first-order chi connectivity index (χ1) is 9.83. The summed E-state index contributed by atoms with van der Waals surface area (Å²) in [5.74, 6) is 0.735. The van der Waals surface area contributed by atoms with Crippen LogP contribution in [0.1, 0.15) is 32.1 Å². The number of aliphatic hydroxyl groups excluding tert-OH is 1. The molecule has 0 aromatic heterocycles.